The molecular formula is C10H18BO2+. The van der Waals surface area contributed by atoms with E-state index in [0.717, 1.165) is 0 Å². The molecule has 3 heteroatoms. The molecule has 1 heterocycles. The lowest BCUT2D eigenvalue weighted by Gasteiger charge is -2.25. The summed E-state index contributed by atoms with van der Waals surface area (Å²) in [5.41, 5.74) is 0.395. The lowest BCUT2D eigenvalue weighted by molar-refractivity contribution is 0.0262. The van der Waals surface area contributed by atoms with Crippen molar-refractivity contribution in [2.24, 2.45) is 0 Å². The molecule has 0 saturated carbocycles. The maximum atomic E-state index is 5.71. The molecule has 0 spiro atoms. The van der Waals surface area contributed by atoms with Crippen molar-refractivity contribution >= 4 is 7.12 Å². The molecule has 13 heavy (non-hydrogen) atoms. The maximum Gasteiger partial charge on any atom is 0.490 e. The number of hydrogen-bond donors (Lipinski definition) is 0. The molecule has 0 aromatic rings. The van der Waals surface area contributed by atoms with Crippen LogP contribution < -0.4 is 0 Å². The molecule has 0 bridgehead atoms. The van der Waals surface area contributed by atoms with Crippen LogP contribution in [0.3, 0.4) is 0 Å². The van der Waals surface area contributed by atoms with Crippen molar-refractivity contribution in [2.75, 3.05) is 0 Å². The second kappa shape index (κ2) is 3.07. The zero-order chi connectivity index (χ0) is 10.3. The average molecular weight is 181 g/mol. The van der Waals surface area contributed by atoms with Gasteiger partial charge in [-0.05, 0) is 27.7 Å². The first-order chi connectivity index (χ1) is 5.74. The normalized spacial score (nSPS) is 31.9. The Hall–Kier alpha value is -0.405. The largest absolute Gasteiger partial charge is 0.490 e. The van der Waals surface area contributed by atoms with Crippen LogP contribution in [0.5, 0.6) is 0 Å². The Labute approximate surface area is 81.4 Å². The molecule has 2 nitrogen and oxygen atoms in total. The predicted molar refractivity (Wildman–Crippen MR) is 55.2 cm³/mol. The molecule has 1 aliphatic heterocycles. The topological polar surface area (TPSA) is 18.5 Å². The summed E-state index contributed by atoms with van der Waals surface area (Å²) in [5.74, 6) is 1.97. The quantitative estimate of drug-likeness (QED) is 0.456. The molecule has 1 saturated heterocycles. The second-order valence-electron chi connectivity index (χ2n) is 4.59. The van der Waals surface area contributed by atoms with Gasteiger partial charge in [0.05, 0.1) is 6.92 Å². The van der Waals surface area contributed by atoms with Crippen LogP contribution in [0.4, 0.5) is 0 Å². The smallest absolute Gasteiger partial charge is 0.395 e. The lowest BCUT2D eigenvalue weighted by Crippen LogP contribution is -2.42. The Morgan fingerprint density at radius 2 is 1.77 bits per heavy atom. The van der Waals surface area contributed by atoms with Crippen LogP contribution in [0.2, 0.25) is 0 Å². The fraction of sp³-hybridized carbons (Fsp3) is 0.700. The van der Waals surface area contributed by atoms with Crippen molar-refractivity contribution in [3.05, 3.63) is 18.5 Å². The SMILES string of the molecule is [CH2+]C1(C)OB(C=C(C)C)OC1(C)C. The van der Waals surface area contributed by atoms with E-state index in [1.165, 1.54) is 5.57 Å². The summed E-state index contributed by atoms with van der Waals surface area (Å²) in [6.45, 7) is 14.0. The molecular weight excluding hydrogens is 163 g/mol. The minimum atomic E-state index is -0.469. The van der Waals surface area contributed by atoms with Gasteiger partial charge in [0.25, 0.3) is 0 Å². The highest BCUT2D eigenvalue weighted by atomic mass is 16.7. The van der Waals surface area contributed by atoms with Crippen molar-refractivity contribution in [3.8, 4) is 0 Å². The second-order valence-corrected chi connectivity index (χ2v) is 4.59. The highest BCUT2D eigenvalue weighted by Crippen LogP contribution is 2.36. The third-order valence-electron chi connectivity index (χ3n) is 2.53. The van der Waals surface area contributed by atoms with E-state index >= 15 is 0 Å². The van der Waals surface area contributed by atoms with Gasteiger partial charge in [-0.1, -0.05) is 11.5 Å². The zero-order valence-electron chi connectivity index (χ0n) is 9.18. The molecule has 1 fully saturated rings. The Balaban J connectivity index is 2.77. The van der Waals surface area contributed by atoms with E-state index in [2.05, 4.69) is 6.92 Å². The molecule has 72 valence electrons. The van der Waals surface area contributed by atoms with Gasteiger partial charge in [-0.2, -0.15) is 0 Å². The van der Waals surface area contributed by atoms with Gasteiger partial charge >= 0.3 is 7.12 Å². The number of hydrogen-bond acceptors (Lipinski definition) is 2. The Kier molecular flexibility index (Phi) is 2.52. The first-order valence-electron chi connectivity index (χ1n) is 4.61. The third-order valence-corrected chi connectivity index (χ3v) is 2.53. The van der Waals surface area contributed by atoms with Gasteiger partial charge in [-0.3, -0.25) is 0 Å². The monoisotopic (exact) mass is 181 g/mol. The fourth-order valence-electron chi connectivity index (χ4n) is 1.18. The van der Waals surface area contributed by atoms with E-state index in [9.17, 15) is 0 Å². The molecule has 0 amide bonds. The van der Waals surface area contributed by atoms with E-state index in [-0.39, 0.29) is 12.7 Å². The Morgan fingerprint density at radius 1 is 1.23 bits per heavy atom. The van der Waals surface area contributed by atoms with Gasteiger partial charge < -0.3 is 9.31 Å². The molecule has 0 aromatic heterocycles. The van der Waals surface area contributed by atoms with Gasteiger partial charge in [0.15, 0.2) is 0 Å². The van der Waals surface area contributed by atoms with E-state index in [1.807, 2.05) is 40.6 Å². The molecule has 1 atom stereocenters. The highest BCUT2D eigenvalue weighted by molar-refractivity contribution is 6.51. The predicted octanol–water partition coefficient (Wildman–Crippen LogP) is 2.40. The molecule has 0 N–H and O–H groups in total. The molecule has 1 unspecified atom stereocenters. The van der Waals surface area contributed by atoms with Gasteiger partial charge in [0.2, 0.25) is 5.60 Å². The summed E-state index contributed by atoms with van der Waals surface area (Å²) in [6.07, 6.45) is 0. The van der Waals surface area contributed by atoms with Gasteiger partial charge in [0.1, 0.15) is 5.60 Å². The minimum Gasteiger partial charge on any atom is -0.395 e. The van der Waals surface area contributed by atoms with Crippen LogP contribution in [0.15, 0.2) is 11.5 Å². The van der Waals surface area contributed by atoms with Crippen molar-refractivity contribution < 1.29 is 9.31 Å². The summed E-state index contributed by atoms with van der Waals surface area (Å²) < 4.78 is 11.4. The number of allylic oxidation sites excluding steroid dienone is 1. The average Bonchev–Trinajstić information content (AvgIpc) is 1.98. The fourth-order valence-corrected chi connectivity index (χ4v) is 1.18. The molecule has 1 rings (SSSR count). The highest BCUT2D eigenvalue weighted by Gasteiger charge is 2.55. The molecule has 0 radical (unpaired) electrons. The summed E-state index contributed by atoms with van der Waals surface area (Å²) in [7, 11) is -0.248. The lowest BCUT2D eigenvalue weighted by atomic mass is 9.88. The van der Waals surface area contributed by atoms with Crippen LogP contribution >= 0.6 is 0 Å². The van der Waals surface area contributed by atoms with Crippen LogP contribution in [0, 0.1) is 6.92 Å². The van der Waals surface area contributed by atoms with E-state index in [4.69, 9.17) is 9.31 Å². The third kappa shape index (κ3) is 2.09. The van der Waals surface area contributed by atoms with Crippen molar-refractivity contribution in [1.29, 1.82) is 0 Å². The van der Waals surface area contributed by atoms with Crippen LogP contribution in [0.1, 0.15) is 34.6 Å². The van der Waals surface area contributed by atoms with Crippen molar-refractivity contribution in [1.82, 2.24) is 0 Å². The van der Waals surface area contributed by atoms with E-state index < -0.39 is 5.60 Å². The van der Waals surface area contributed by atoms with Gasteiger partial charge in [0, 0.05) is 6.92 Å². The summed E-state index contributed by atoms with van der Waals surface area (Å²) in [5, 5.41) is 0. The first-order valence-corrected chi connectivity index (χ1v) is 4.61. The van der Waals surface area contributed by atoms with Crippen LogP contribution in [-0.4, -0.2) is 18.3 Å². The Bertz CT molecular complexity index is 211. The summed E-state index contributed by atoms with van der Waals surface area (Å²) >= 11 is 0. The molecule has 0 aromatic carbocycles. The van der Waals surface area contributed by atoms with Crippen molar-refractivity contribution in [2.45, 2.75) is 45.8 Å². The number of rotatable bonds is 1. The molecule has 0 aliphatic carbocycles. The summed E-state index contributed by atoms with van der Waals surface area (Å²) in [6, 6.07) is 0. The van der Waals surface area contributed by atoms with Gasteiger partial charge in [-0.15, -0.1) is 0 Å². The Morgan fingerprint density at radius 3 is 2.08 bits per heavy atom. The standard InChI is InChI=1S/C10H18BO2/c1-8(2)7-11-12-9(3,4)10(5,6)13-11/h7H,3H2,1-2,4-6H3/q+1. The summed E-state index contributed by atoms with van der Waals surface area (Å²) in [4.78, 5) is 0. The zero-order valence-corrected chi connectivity index (χ0v) is 9.18. The van der Waals surface area contributed by atoms with E-state index in [0.29, 0.717) is 0 Å². The van der Waals surface area contributed by atoms with Gasteiger partial charge in [-0.25, -0.2) is 0 Å². The maximum absolute atomic E-state index is 5.71. The van der Waals surface area contributed by atoms with Crippen LogP contribution in [-0.2, 0) is 9.31 Å². The minimum absolute atomic E-state index is 0.248. The first kappa shape index (κ1) is 10.7. The van der Waals surface area contributed by atoms with Crippen molar-refractivity contribution in [3.63, 3.8) is 0 Å². The molecule has 1 aliphatic rings. The van der Waals surface area contributed by atoms with Crippen LogP contribution in [0.25, 0.3) is 0 Å². The van der Waals surface area contributed by atoms with E-state index in [1.54, 1.807) is 0 Å².